The molecule has 1 amide bonds. The van der Waals surface area contributed by atoms with E-state index < -0.39 is 0 Å². The van der Waals surface area contributed by atoms with E-state index in [1.807, 2.05) is 4.90 Å². The average Bonchev–Trinajstić information content (AvgIpc) is 2.32. The third-order valence-electron chi connectivity index (χ3n) is 2.27. The minimum atomic E-state index is 0.229. The van der Waals surface area contributed by atoms with Gasteiger partial charge in [0.25, 0.3) is 0 Å². The van der Waals surface area contributed by atoms with Crippen molar-refractivity contribution in [2.75, 3.05) is 19.0 Å². The molecule has 1 saturated heterocycles. The zero-order chi connectivity index (χ0) is 8.81. The van der Waals surface area contributed by atoms with Crippen molar-refractivity contribution < 1.29 is 4.79 Å². The molecule has 3 heteroatoms. The number of amides is 1. The van der Waals surface area contributed by atoms with E-state index in [9.17, 15) is 4.79 Å². The molecule has 0 N–H and O–H groups in total. The molecule has 12 heavy (non-hydrogen) atoms. The van der Waals surface area contributed by atoms with Crippen LogP contribution in [0.25, 0.3) is 0 Å². The fraction of sp³-hybridized carbons (Fsp3) is 0.889. The van der Waals surface area contributed by atoms with Crippen LogP contribution in [0.2, 0.25) is 0 Å². The lowest BCUT2D eigenvalue weighted by Gasteiger charge is -2.19. The van der Waals surface area contributed by atoms with Gasteiger partial charge in [0.1, 0.15) is 0 Å². The van der Waals surface area contributed by atoms with Crippen molar-refractivity contribution in [1.82, 2.24) is 4.90 Å². The van der Waals surface area contributed by atoms with Crippen LogP contribution in [0.3, 0.4) is 0 Å². The molecular weight excluding hydrogens is 174 g/mol. The number of halogens is 1. The molecule has 0 aromatic carbocycles. The fourth-order valence-corrected chi connectivity index (χ4v) is 1.72. The molecule has 0 bridgehead atoms. The molecule has 0 radical (unpaired) electrons. The van der Waals surface area contributed by atoms with E-state index >= 15 is 0 Å². The Morgan fingerprint density at radius 3 is 2.25 bits per heavy atom. The van der Waals surface area contributed by atoms with Gasteiger partial charge in [-0.15, -0.1) is 11.6 Å². The van der Waals surface area contributed by atoms with Crippen LogP contribution in [0.1, 0.15) is 32.1 Å². The van der Waals surface area contributed by atoms with Gasteiger partial charge in [-0.25, -0.2) is 0 Å². The molecule has 1 aliphatic rings. The van der Waals surface area contributed by atoms with E-state index in [0.29, 0.717) is 12.3 Å². The third kappa shape index (κ3) is 3.02. The van der Waals surface area contributed by atoms with Gasteiger partial charge in [-0.05, 0) is 12.8 Å². The summed E-state index contributed by atoms with van der Waals surface area (Å²) in [5.41, 5.74) is 0. The van der Waals surface area contributed by atoms with Gasteiger partial charge in [0, 0.05) is 25.4 Å². The summed E-state index contributed by atoms with van der Waals surface area (Å²) in [5.74, 6) is 0.682. The van der Waals surface area contributed by atoms with Crippen molar-refractivity contribution in [3.05, 3.63) is 0 Å². The topological polar surface area (TPSA) is 20.3 Å². The molecular formula is C9H16ClNO. The smallest absolute Gasteiger partial charge is 0.223 e. The highest BCUT2D eigenvalue weighted by Crippen LogP contribution is 2.10. The first kappa shape index (κ1) is 9.85. The van der Waals surface area contributed by atoms with Crippen LogP contribution in [0.4, 0.5) is 0 Å². The Morgan fingerprint density at radius 1 is 1.17 bits per heavy atom. The first-order valence-corrected chi connectivity index (χ1v) is 5.22. The maximum Gasteiger partial charge on any atom is 0.223 e. The number of hydrogen-bond donors (Lipinski definition) is 0. The number of alkyl halides is 1. The van der Waals surface area contributed by atoms with Crippen LogP contribution in [-0.4, -0.2) is 29.8 Å². The van der Waals surface area contributed by atoms with Crippen LogP contribution in [0, 0.1) is 0 Å². The Morgan fingerprint density at radius 2 is 1.75 bits per heavy atom. The van der Waals surface area contributed by atoms with E-state index in [1.165, 1.54) is 12.8 Å². The standard InChI is InChI=1S/C9H16ClNO/c10-6-5-9(12)11-7-3-1-2-4-8-11/h1-8H2. The summed E-state index contributed by atoms with van der Waals surface area (Å²) in [6.07, 6.45) is 5.36. The molecule has 2 nitrogen and oxygen atoms in total. The monoisotopic (exact) mass is 189 g/mol. The molecule has 0 saturated carbocycles. The molecule has 0 spiro atoms. The zero-order valence-corrected chi connectivity index (χ0v) is 8.15. The van der Waals surface area contributed by atoms with Crippen molar-refractivity contribution >= 4 is 17.5 Å². The van der Waals surface area contributed by atoms with Crippen molar-refractivity contribution in [2.24, 2.45) is 0 Å². The van der Waals surface area contributed by atoms with E-state index in [1.54, 1.807) is 0 Å². The molecule has 1 heterocycles. The fourth-order valence-electron chi connectivity index (χ4n) is 1.56. The van der Waals surface area contributed by atoms with Crippen LogP contribution in [-0.2, 0) is 4.79 Å². The van der Waals surface area contributed by atoms with Gasteiger partial charge < -0.3 is 4.90 Å². The maximum absolute atomic E-state index is 11.4. The quantitative estimate of drug-likeness (QED) is 0.609. The highest BCUT2D eigenvalue weighted by Gasteiger charge is 2.13. The Labute approximate surface area is 78.9 Å². The summed E-state index contributed by atoms with van der Waals surface area (Å²) < 4.78 is 0. The summed E-state index contributed by atoms with van der Waals surface area (Å²) in [7, 11) is 0. The van der Waals surface area contributed by atoms with Gasteiger partial charge in [0.05, 0.1) is 0 Å². The second-order valence-electron chi connectivity index (χ2n) is 3.23. The van der Waals surface area contributed by atoms with Crippen molar-refractivity contribution in [1.29, 1.82) is 0 Å². The molecule has 1 fully saturated rings. The number of carbonyl (C=O) groups excluding carboxylic acids is 1. The Bertz CT molecular complexity index is 141. The predicted octanol–water partition coefficient (Wildman–Crippen LogP) is 2.02. The van der Waals surface area contributed by atoms with Gasteiger partial charge in [0.15, 0.2) is 0 Å². The number of hydrogen-bond acceptors (Lipinski definition) is 1. The summed E-state index contributed by atoms with van der Waals surface area (Å²) in [6.45, 7) is 1.88. The summed E-state index contributed by atoms with van der Waals surface area (Å²) in [5, 5.41) is 0. The first-order valence-electron chi connectivity index (χ1n) is 4.68. The molecule has 0 aliphatic carbocycles. The Kier molecular flexibility index (Phi) is 4.44. The number of likely N-dealkylation sites (tertiary alicyclic amines) is 1. The Balaban J connectivity index is 2.32. The molecule has 1 rings (SSSR count). The summed E-state index contributed by atoms with van der Waals surface area (Å²) >= 11 is 5.51. The maximum atomic E-state index is 11.4. The average molecular weight is 190 g/mol. The van der Waals surface area contributed by atoms with Crippen molar-refractivity contribution in [2.45, 2.75) is 32.1 Å². The molecule has 0 unspecified atom stereocenters. The Hall–Kier alpha value is -0.240. The zero-order valence-electron chi connectivity index (χ0n) is 7.39. The van der Waals surface area contributed by atoms with Crippen molar-refractivity contribution in [3.8, 4) is 0 Å². The largest absolute Gasteiger partial charge is 0.343 e. The number of rotatable bonds is 2. The van der Waals surface area contributed by atoms with E-state index in [2.05, 4.69) is 0 Å². The molecule has 70 valence electrons. The van der Waals surface area contributed by atoms with Gasteiger partial charge in [0.2, 0.25) is 5.91 Å². The van der Waals surface area contributed by atoms with E-state index in [-0.39, 0.29) is 5.91 Å². The van der Waals surface area contributed by atoms with Crippen molar-refractivity contribution in [3.63, 3.8) is 0 Å². The van der Waals surface area contributed by atoms with Gasteiger partial charge >= 0.3 is 0 Å². The van der Waals surface area contributed by atoms with Crippen LogP contribution in [0.15, 0.2) is 0 Å². The second kappa shape index (κ2) is 5.41. The second-order valence-corrected chi connectivity index (χ2v) is 3.61. The highest BCUT2D eigenvalue weighted by atomic mass is 35.5. The minimum absolute atomic E-state index is 0.229. The van der Waals surface area contributed by atoms with Gasteiger partial charge in [-0.1, -0.05) is 12.8 Å². The molecule has 0 atom stereocenters. The normalized spacial score (nSPS) is 18.9. The third-order valence-corrected chi connectivity index (χ3v) is 2.46. The van der Waals surface area contributed by atoms with Crippen LogP contribution < -0.4 is 0 Å². The number of nitrogens with zero attached hydrogens (tertiary/aromatic N) is 1. The van der Waals surface area contributed by atoms with Crippen LogP contribution >= 0.6 is 11.6 Å². The molecule has 1 aliphatic heterocycles. The number of carbonyl (C=O) groups is 1. The highest BCUT2D eigenvalue weighted by molar-refractivity contribution is 6.18. The first-order chi connectivity index (χ1) is 5.84. The lowest BCUT2D eigenvalue weighted by atomic mass is 10.2. The lowest BCUT2D eigenvalue weighted by Crippen LogP contribution is -2.31. The summed E-state index contributed by atoms with van der Waals surface area (Å²) in [6, 6.07) is 0. The van der Waals surface area contributed by atoms with E-state index in [0.717, 1.165) is 25.9 Å². The summed E-state index contributed by atoms with van der Waals surface area (Å²) in [4.78, 5) is 13.3. The predicted molar refractivity (Wildman–Crippen MR) is 50.4 cm³/mol. The van der Waals surface area contributed by atoms with E-state index in [4.69, 9.17) is 11.6 Å². The molecule has 0 aromatic heterocycles. The minimum Gasteiger partial charge on any atom is -0.343 e. The molecule has 0 aromatic rings. The lowest BCUT2D eigenvalue weighted by molar-refractivity contribution is -0.130. The van der Waals surface area contributed by atoms with Gasteiger partial charge in [-0.3, -0.25) is 4.79 Å². The van der Waals surface area contributed by atoms with Gasteiger partial charge in [-0.2, -0.15) is 0 Å². The SMILES string of the molecule is O=C(CCCl)N1CCCCCC1. The van der Waals surface area contributed by atoms with Crippen LogP contribution in [0.5, 0.6) is 0 Å².